The molecule has 2 aliphatic heterocycles. The fraction of sp³-hybridized carbons (Fsp3) is 0.900. The van der Waals surface area contributed by atoms with Gasteiger partial charge in [0, 0.05) is 63.9 Å². The summed E-state index contributed by atoms with van der Waals surface area (Å²) in [5, 5.41) is 0. The Bertz CT molecular complexity index is 419. The number of hydrogen-bond acceptors (Lipinski definition) is 6. The Labute approximate surface area is 192 Å². The molecular formula is C20H38N4S4. The van der Waals surface area contributed by atoms with Crippen LogP contribution in [0.15, 0.2) is 0 Å². The summed E-state index contributed by atoms with van der Waals surface area (Å²) in [4.78, 5) is 9.93. The summed E-state index contributed by atoms with van der Waals surface area (Å²) in [6, 6.07) is 0. The molecule has 162 valence electrons. The first kappa shape index (κ1) is 24.7. The van der Waals surface area contributed by atoms with Crippen LogP contribution in [-0.2, 0) is 0 Å². The fourth-order valence-electron chi connectivity index (χ4n) is 3.51. The topological polar surface area (TPSA) is 13.0 Å². The highest BCUT2D eigenvalue weighted by Crippen LogP contribution is 2.18. The number of thiocarbonyl (C=S) groups is 2. The van der Waals surface area contributed by atoms with Crippen molar-refractivity contribution in [3.63, 3.8) is 0 Å². The molecular weight excluding hydrogens is 425 g/mol. The lowest BCUT2D eigenvalue weighted by Crippen LogP contribution is -2.48. The van der Waals surface area contributed by atoms with Crippen LogP contribution in [0, 0.1) is 0 Å². The summed E-state index contributed by atoms with van der Waals surface area (Å²) < 4.78 is 2.15. The Morgan fingerprint density at radius 1 is 0.643 bits per heavy atom. The minimum Gasteiger partial charge on any atom is -0.355 e. The maximum atomic E-state index is 5.66. The first-order chi connectivity index (χ1) is 13.6. The van der Waals surface area contributed by atoms with E-state index in [4.69, 9.17) is 24.4 Å². The molecule has 2 aliphatic rings. The molecule has 28 heavy (non-hydrogen) atoms. The lowest BCUT2D eigenvalue weighted by molar-refractivity contribution is 0.183. The number of thioether (sulfide) groups is 2. The van der Waals surface area contributed by atoms with Crippen molar-refractivity contribution in [2.75, 3.05) is 77.0 Å². The minimum absolute atomic E-state index is 1.05. The maximum absolute atomic E-state index is 5.66. The smallest absolute Gasteiger partial charge is 0.136 e. The van der Waals surface area contributed by atoms with Crippen LogP contribution in [0.1, 0.15) is 39.5 Å². The van der Waals surface area contributed by atoms with Gasteiger partial charge in [-0.3, -0.25) is 9.80 Å². The third kappa shape index (κ3) is 9.04. The van der Waals surface area contributed by atoms with Crippen LogP contribution in [-0.4, -0.2) is 105 Å². The predicted octanol–water partition coefficient (Wildman–Crippen LogP) is 3.86. The summed E-state index contributed by atoms with van der Waals surface area (Å²) in [6.45, 7) is 16.0. The molecule has 2 heterocycles. The molecule has 0 unspecified atom stereocenters. The highest BCUT2D eigenvalue weighted by atomic mass is 32.2. The normalized spacial score (nSPS) is 19.2. The average Bonchev–Trinajstić information content (AvgIpc) is 2.74. The van der Waals surface area contributed by atoms with Crippen LogP contribution in [0.3, 0.4) is 0 Å². The van der Waals surface area contributed by atoms with Crippen LogP contribution in [0.25, 0.3) is 0 Å². The second kappa shape index (κ2) is 14.4. The van der Waals surface area contributed by atoms with Crippen molar-refractivity contribution in [1.82, 2.24) is 19.6 Å². The molecule has 0 aromatic carbocycles. The largest absolute Gasteiger partial charge is 0.355 e. The molecule has 0 radical (unpaired) electrons. The molecule has 8 heteroatoms. The van der Waals surface area contributed by atoms with Crippen LogP contribution in [0.2, 0.25) is 0 Å². The monoisotopic (exact) mass is 462 g/mol. The number of nitrogens with zero attached hydrogens (tertiary/aromatic N) is 4. The number of hydrogen-bond donors (Lipinski definition) is 0. The van der Waals surface area contributed by atoms with E-state index in [-0.39, 0.29) is 0 Å². The van der Waals surface area contributed by atoms with Crippen molar-refractivity contribution in [3.05, 3.63) is 0 Å². The van der Waals surface area contributed by atoms with Crippen molar-refractivity contribution in [2.45, 2.75) is 39.5 Å². The molecule has 2 saturated heterocycles. The molecule has 0 saturated carbocycles. The molecule has 0 atom stereocenters. The first-order valence-electron chi connectivity index (χ1n) is 10.9. The molecule has 2 rings (SSSR count). The van der Waals surface area contributed by atoms with Gasteiger partial charge >= 0.3 is 0 Å². The van der Waals surface area contributed by atoms with E-state index in [1.54, 1.807) is 0 Å². The van der Waals surface area contributed by atoms with Gasteiger partial charge in [0.05, 0.1) is 0 Å². The van der Waals surface area contributed by atoms with Crippen LogP contribution >= 0.6 is 48.0 Å². The van der Waals surface area contributed by atoms with Gasteiger partial charge in [-0.15, -0.1) is 0 Å². The van der Waals surface area contributed by atoms with Crippen molar-refractivity contribution in [2.24, 2.45) is 0 Å². The zero-order chi connectivity index (χ0) is 20.2. The molecule has 0 aliphatic carbocycles. The highest BCUT2D eigenvalue weighted by Gasteiger charge is 2.20. The van der Waals surface area contributed by atoms with E-state index < -0.39 is 0 Å². The molecule has 4 nitrogen and oxygen atoms in total. The molecule has 0 aromatic heterocycles. The maximum Gasteiger partial charge on any atom is 0.136 e. The van der Waals surface area contributed by atoms with E-state index in [0.29, 0.717) is 0 Å². The molecule has 0 aromatic rings. The van der Waals surface area contributed by atoms with Crippen molar-refractivity contribution >= 4 is 56.6 Å². The first-order valence-corrected chi connectivity index (χ1v) is 13.7. The second-order valence-corrected chi connectivity index (χ2v) is 11.1. The van der Waals surface area contributed by atoms with E-state index in [1.165, 1.54) is 38.8 Å². The summed E-state index contributed by atoms with van der Waals surface area (Å²) >= 11 is 15.0. The Balaban J connectivity index is 1.53. The van der Waals surface area contributed by atoms with Crippen LogP contribution < -0.4 is 0 Å². The lowest BCUT2D eigenvalue weighted by Gasteiger charge is -2.36. The van der Waals surface area contributed by atoms with Gasteiger partial charge in [-0.25, -0.2) is 0 Å². The SMILES string of the molecule is CCCCN1CCN(C(=S)SCCSC(=S)N2CCN(CCCC)CC2)CC1. The Kier molecular flexibility index (Phi) is 12.7. The summed E-state index contributed by atoms with van der Waals surface area (Å²) in [5.74, 6) is 2.10. The standard InChI is InChI=1S/C20H38N4S4/c1-3-5-7-21-9-13-23(14-10-21)19(25)27-17-18-28-20(26)24-15-11-22(12-16-24)8-6-4-2/h3-18H2,1-2H3. The van der Waals surface area contributed by atoms with Crippen LogP contribution in [0.5, 0.6) is 0 Å². The Morgan fingerprint density at radius 3 is 1.32 bits per heavy atom. The van der Waals surface area contributed by atoms with Gasteiger partial charge in [0.15, 0.2) is 0 Å². The predicted molar refractivity (Wildman–Crippen MR) is 136 cm³/mol. The van der Waals surface area contributed by atoms with E-state index in [9.17, 15) is 0 Å². The molecule has 0 N–H and O–H groups in total. The summed E-state index contributed by atoms with van der Waals surface area (Å²) in [6.07, 6.45) is 5.18. The second-order valence-electron chi connectivity index (χ2n) is 7.59. The summed E-state index contributed by atoms with van der Waals surface area (Å²) in [5.41, 5.74) is 0. The average molecular weight is 463 g/mol. The van der Waals surface area contributed by atoms with E-state index in [2.05, 4.69) is 33.4 Å². The zero-order valence-corrected chi connectivity index (χ0v) is 21.0. The van der Waals surface area contributed by atoms with Gasteiger partial charge in [0.25, 0.3) is 0 Å². The van der Waals surface area contributed by atoms with Gasteiger partial charge in [0.2, 0.25) is 0 Å². The van der Waals surface area contributed by atoms with Gasteiger partial charge in [-0.2, -0.15) is 0 Å². The van der Waals surface area contributed by atoms with E-state index >= 15 is 0 Å². The van der Waals surface area contributed by atoms with E-state index in [0.717, 1.165) is 72.5 Å². The minimum atomic E-state index is 1.05. The number of unbranched alkanes of at least 4 members (excludes halogenated alkanes) is 2. The zero-order valence-electron chi connectivity index (χ0n) is 17.7. The molecule has 0 spiro atoms. The number of rotatable bonds is 9. The molecule has 0 bridgehead atoms. The quantitative estimate of drug-likeness (QED) is 0.374. The summed E-state index contributed by atoms with van der Waals surface area (Å²) in [7, 11) is 0. The lowest BCUT2D eigenvalue weighted by atomic mass is 10.3. The highest BCUT2D eigenvalue weighted by molar-refractivity contribution is 8.25. The fourth-order valence-corrected chi connectivity index (χ4v) is 6.12. The Hall–Kier alpha value is 0.400. The Morgan fingerprint density at radius 2 is 1.00 bits per heavy atom. The molecule has 2 fully saturated rings. The third-order valence-corrected chi connectivity index (χ3v) is 8.76. The third-order valence-electron chi connectivity index (χ3n) is 5.45. The van der Waals surface area contributed by atoms with Gasteiger partial charge < -0.3 is 9.80 Å². The van der Waals surface area contributed by atoms with E-state index in [1.807, 2.05) is 23.5 Å². The van der Waals surface area contributed by atoms with Gasteiger partial charge in [-0.05, 0) is 25.9 Å². The van der Waals surface area contributed by atoms with Crippen molar-refractivity contribution in [3.8, 4) is 0 Å². The molecule has 0 amide bonds. The van der Waals surface area contributed by atoms with Gasteiger partial charge in [-0.1, -0.05) is 74.6 Å². The van der Waals surface area contributed by atoms with Crippen LogP contribution in [0.4, 0.5) is 0 Å². The van der Waals surface area contributed by atoms with Gasteiger partial charge in [0.1, 0.15) is 8.64 Å². The number of piperazine rings is 2. The van der Waals surface area contributed by atoms with Crippen molar-refractivity contribution < 1.29 is 0 Å². The van der Waals surface area contributed by atoms with Crippen molar-refractivity contribution in [1.29, 1.82) is 0 Å².